The largest absolute Gasteiger partial charge is 0.299 e. The Morgan fingerprint density at radius 1 is 0.447 bits per heavy atom. The molecule has 0 aromatic rings. The third kappa shape index (κ3) is 3.69. The van der Waals surface area contributed by atoms with E-state index in [0.717, 1.165) is 92.3 Å². The van der Waals surface area contributed by atoms with Crippen LogP contribution < -0.4 is 9.44 Å². The number of hydrogen-bond donors (Lipinski definition) is 2. The van der Waals surface area contributed by atoms with Crippen molar-refractivity contribution in [1.82, 2.24) is 9.44 Å². The first-order valence-electron chi connectivity index (χ1n) is 16.3. The molecule has 6 heteroatoms. The highest BCUT2D eigenvalue weighted by atomic mass is 32.2. The normalized spacial score (nSPS) is 56.4. The van der Waals surface area contributed by atoms with Gasteiger partial charge in [0, 0.05) is 9.49 Å². The van der Waals surface area contributed by atoms with Crippen LogP contribution in [0.1, 0.15) is 116 Å². The topological polar surface area (TPSA) is 58.2 Å². The molecular weight excluding hydrogens is 508 g/mol. The minimum atomic E-state index is -0.0533. The summed E-state index contributed by atoms with van der Waals surface area (Å²) in [7, 11) is 0. The number of amides is 2. The fourth-order valence-corrected chi connectivity index (χ4v) is 16.8. The van der Waals surface area contributed by atoms with Gasteiger partial charge in [-0.25, -0.2) is 0 Å². The van der Waals surface area contributed by atoms with Crippen LogP contribution in [0.15, 0.2) is 0 Å². The van der Waals surface area contributed by atoms with Crippen molar-refractivity contribution in [2.75, 3.05) is 0 Å². The van der Waals surface area contributed by atoms with Crippen molar-refractivity contribution in [1.29, 1.82) is 0 Å². The molecule has 0 spiro atoms. The first-order valence-corrected chi connectivity index (χ1v) is 17.9. The number of rotatable bonds is 6. The van der Waals surface area contributed by atoms with Crippen LogP contribution in [0.5, 0.6) is 0 Å². The van der Waals surface area contributed by atoms with Gasteiger partial charge >= 0.3 is 0 Å². The molecule has 12 fully saturated rings. The average molecular weight is 555 g/mol. The van der Waals surface area contributed by atoms with Crippen molar-refractivity contribution < 1.29 is 9.59 Å². The van der Waals surface area contributed by atoms with Crippen LogP contribution in [0.25, 0.3) is 0 Å². The molecule has 0 atom stereocenters. The number of nitrogens with one attached hydrogen (secondary N) is 2. The second-order valence-corrected chi connectivity index (χ2v) is 19.3. The molecule has 12 rings (SSSR count). The van der Waals surface area contributed by atoms with Gasteiger partial charge in [0.1, 0.15) is 0 Å². The maximum atomic E-state index is 13.8. The van der Waals surface area contributed by atoms with Crippen LogP contribution in [0.2, 0.25) is 0 Å². The monoisotopic (exact) mass is 554 g/mol. The lowest BCUT2D eigenvalue weighted by molar-refractivity contribution is -0.144. The molecule has 0 aromatic heterocycles. The van der Waals surface area contributed by atoms with E-state index in [1.807, 2.05) is 23.9 Å². The molecule has 0 radical (unpaired) electrons. The molecule has 12 aliphatic carbocycles. The summed E-state index contributed by atoms with van der Waals surface area (Å²) in [6, 6.07) is 0. The molecule has 0 aromatic carbocycles. The van der Waals surface area contributed by atoms with Gasteiger partial charge in [0.15, 0.2) is 0 Å². The average Bonchev–Trinajstić information content (AvgIpc) is 2.83. The lowest BCUT2D eigenvalue weighted by Gasteiger charge is -2.61. The lowest BCUT2D eigenvalue weighted by atomic mass is 9.49. The highest BCUT2D eigenvalue weighted by molar-refractivity contribution is 8.00. The standard InChI is InChI=1S/C32H46N2O2S2/c35-27(29-8-19-1-20(9-29)3-21(2-19)10-29)33-37-31-14-25-7-26(15-31)17-32(16-25,18-31)38-34-28(36)30-11-22-4-23(12-30)6-24(5-22)13-30/h19-26H,1-18H2,(H,33,35)(H,34,36). The Morgan fingerprint density at radius 2 is 0.737 bits per heavy atom. The Kier molecular flexibility index (Phi) is 5.19. The Hall–Kier alpha value is -0.360. The molecule has 12 aliphatic rings. The molecule has 38 heavy (non-hydrogen) atoms. The van der Waals surface area contributed by atoms with Gasteiger partial charge in [0.2, 0.25) is 11.8 Å². The quantitative estimate of drug-likeness (QED) is 0.346. The van der Waals surface area contributed by atoms with E-state index in [1.165, 1.54) is 70.6 Å². The fraction of sp³-hybridized carbons (Fsp3) is 0.938. The Labute approximate surface area is 237 Å². The zero-order valence-corrected chi connectivity index (χ0v) is 24.6. The Morgan fingerprint density at radius 3 is 1.05 bits per heavy atom. The van der Waals surface area contributed by atoms with Crippen molar-refractivity contribution in [3.63, 3.8) is 0 Å². The van der Waals surface area contributed by atoms with Crippen LogP contribution in [0.3, 0.4) is 0 Å². The molecule has 12 saturated carbocycles. The minimum Gasteiger partial charge on any atom is -0.299 e. The molecule has 0 saturated heterocycles. The van der Waals surface area contributed by atoms with Crippen molar-refractivity contribution in [3.05, 3.63) is 0 Å². The van der Waals surface area contributed by atoms with Gasteiger partial charge in [0.25, 0.3) is 0 Å². The molecule has 2 amide bonds. The lowest BCUT2D eigenvalue weighted by Crippen LogP contribution is -2.59. The smallest absolute Gasteiger partial charge is 0.236 e. The van der Waals surface area contributed by atoms with Gasteiger partial charge in [-0.3, -0.25) is 19.0 Å². The predicted molar refractivity (Wildman–Crippen MR) is 153 cm³/mol. The number of carbonyl (C=O) groups is 2. The van der Waals surface area contributed by atoms with E-state index in [1.54, 1.807) is 0 Å². The summed E-state index contributed by atoms with van der Waals surface area (Å²) in [6.45, 7) is 0. The molecule has 0 unspecified atom stereocenters. The summed E-state index contributed by atoms with van der Waals surface area (Å²) < 4.78 is 7.46. The summed E-state index contributed by atoms with van der Waals surface area (Å²) in [6.07, 6.45) is 22.8. The summed E-state index contributed by atoms with van der Waals surface area (Å²) in [5.41, 5.74) is -0.107. The highest BCUT2D eigenvalue weighted by Crippen LogP contribution is 2.66. The number of hydrogen-bond acceptors (Lipinski definition) is 4. The maximum absolute atomic E-state index is 13.8. The van der Waals surface area contributed by atoms with Crippen LogP contribution in [0.4, 0.5) is 0 Å². The van der Waals surface area contributed by atoms with Gasteiger partial charge in [-0.05, 0) is 187 Å². The zero-order valence-electron chi connectivity index (χ0n) is 23.0. The van der Waals surface area contributed by atoms with Gasteiger partial charge in [0.05, 0.1) is 10.8 Å². The van der Waals surface area contributed by atoms with Crippen molar-refractivity contribution in [3.8, 4) is 0 Å². The molecule has 2 N–H and O–H groups in total. The molecule has 208 valence electrons. The molecule has 0 aliphatic heterocycles. The third-order valence-corrected chi connectivity index (χ3v) is 16.1. The summed E-state index contributed by atoms with van der Waals surface area (Å²) in [4.78, 5) is 27.6. The fourth-order valence-electron chi connectivity index (χ4n) is 13.6. The highest BCUT2D eigenvalue weighted by Gasteiger charge is 2.61. The van der Waals surface area contributed by atoms with E-state index in [0.29, 0.717) is 11.8 Å². The van der Waals surface area contributed by atoms with E-state index in [9.17, 15) is 9.59 Å². The molecule has 4 nitrogen and oxygen atoms in total. The zero-order chi connectivity index (χ0) is 25.3. The molecular formula is C32H46N2O2S2. The summed E-state index contributed by atoms with van der Waals surface area (Å²) in [5, 5.41) is 0. The summed E-state index contributed by atoms with van der Waals surface area (Å²) >= 11 is 3.69. The van der Waals surface area contributed by atoms with E-state index in [2.05, 4.69) is 9.44 Å². The van der Waals surface area contributed by atoms with Gasteiger partial charge in [-0.15, -0.1) is 0 Å². The third-order valence-electron chi connectivity index (χ3n) is 13.7. The van der Waals surface area contributed by atoms with E-state index < -0.39 is 0 Å². The van der Waals surface area contributed by atoms with Crippen molar-refractivity contribution in [2.45, 2.75) is 125 Å². The van der Waals surface area contributed by atoms with Crippen LogP contribution in [-0.4, -0.2) is 21.3 Å². The van der Waals surface area contributed by atoms with Gasteiger partial charge < -0.3 is 0 Å². The van der Waals surface area contributed by atoms with Crippen molar-refractivity contribution in [2.24, 2.45) is 58.2 Å². The second-order valence-electron chi connectivity index (χ2n) is 16.8. The molecule has 12 bridgehead atoms. The Bertz CT molecular complexity index is 893. The summed E-state index contributed by atoms with van der Waals surface area (Å²) in [5.74, 6) is 7.18. The van der Waals surface area contributed by atoms with Crippen LogP contribution in [0, 0.1) is 58.2 Å². The van der Waals surface area contributed by atoms with Crippen molar-refractivity contribution >= 4 is 35.7 Å². The van der Waals surface area contributed by atoms with Gasteiger partial charge in [-0.2, -0.15) is 0 Å². The van der Waals surface area contributed by atoms with E-state index in [-0.39, 0.29) is 20.3 Å². The van der Waals surface area contributed by atoms with Crippen LogP contribution in [-0.2, 0) is 9.59 Å². The first kappa shape index (κ1) is 24.3. The minimum absolute atomic E-state index is 0.0533. The number of carbonyl (C=O) groups excluding carboxylic acids is 2. The molecule has 0 heterocycles. The Balaban J connectivity index is 0.886. The first-order chi connectivity index (χ1) is 18.3. The van der Waals surface area contributed by atoms with Crippen LogP contribution >= 0.6 is 23.9 Å². The van der Waals surface area contributed by atoms with E-state index >= 15 is 0 Å². The second kappa shape index (κ2) is 8.13. The SMILES string of the molecule is O=C(NSC12CC3CC(C1)CC(SNC(=O)C14CC5CC(CC(C5)C1)C4)(C3)C2)C12CC3CC(CC(C3)C1)C2. The maximum Gasteiger partial charge on any atom is 0.236 e. The van der Waals surface area contributed by atoms with Gasteiger partial charge in [-0.1, -0.05) is 0 Å². The van der Waals surface area contributed by atoms with E-state index in [4.69, 9.17) is 0 Å². The predicted octanol–water partition coefficient (Wildman–Crippen LogP) is 7.04.